The Morgan fingerprint density at radius 2 is 0.748 bits per heavy atom. The van der Waals surface area contributed by atoms with Crippen LogP contribution in [0.15, 0.2) is 97.6 Å². The van der Waals surface area contributed by atoms with E-state index in [-0.39, 0.29) is 69.4 Å². The summed E-state index contributed by atoms with van der Waals surface area (Å²) in [6.07, 6.45) is 11.6. The van der Waals surface area contributed by atoms with E-state index < -0.39 is 63.1 Å². The first-order chi connectivity index (χ1) is 53.4. The maximum absolute atomic E-state index is 14.7. The minimum atomic E-state index is -0.983. The van der Waals surface area contributed by atoms with Crippen LogP contribution in [0.25, 0.3) is 89.7 Å². The zero-order chi connectivity index (χ0) is 77.7. The van der Waals surface area contributed by atoms with E-state index in [1.165, 1.54) is 6.07 Å². The van der Waals surface area contributed by atoms with Crippen molar-refractivity contribution in [3.05, 3.63) is 143 Å². The van der Waals surface area contributed by atoms with Crippen molar-refractivity contribution >= 4 is 79.0 Å². The average Bonchev–Trinajstić information content (AvgIpc) is 1.78. The smallest absolute Gasteiger partial charge is 0.181 e. The number of hydrogen-bond donors (Lipinski definition) is 12. The minimum Gasteiger partial charge on any atom is -0.389 e. The van der Waals surface area contributed by atoms with Gasteiger partial charge >= 0.3 is 0 Å². The van der Waals surface area contributed by atoms with Crippen molar-refractivity contribution in [3.63, 3.8) is 0 Å². The molecular formula is C75H82ClF7N24O4. The lowest BCUT2D eigenvalue weighted by molar-refractivity contribution is -0.0650. The van der Waals surface area contributed by atoms with Gasteiger partial charge in [-0.15, -0.1) is 0 Å². The van der Waals surface area contributed by atoms with Gasteiger partial charge in [-0.3, -0.25) is 20.4 Å². The molecule has 4 aliphatic heterocycles. The molecule has 18 rings (SSSR count). The number of piperazine rings is 4. The quantitative estimate of drug-likeness (QED) is 0.0453. The Morgan fingerprint density at radius 3 is 1.09 bits per heavy atom. The van der Waals surface area contributed by atoms with Crippen LogP contribution < -0.4 is 40.9 Å². The zero-order valence-corrected chi connectivity index (χ0v) is 61.7. The van der Waals surface area contributed by atoms with E-state index in [4.69, 9.17) is 11.6 Å². The second-order valence-corrected chi connectivity index (χ2v) is 29.6. The van der Waals surface area contributed by atoms with Crippen molar-refractivity contribution in [3.8, 4) is 45.6 Å². The molecule has 4 atom stereocenters. The first-order valence-corrected chi connectivity index (χ1v) is 37.2. The lowest BCUT2D eigenvalue weighted by atomic mass is 9.74. The van der Waals surface area contributed by atoms with Gasteiger partial charge in [0.2, 0.25) is 0 Å². The van der Waals surface area contributed by atoms with E-state index >= 15 is 0 Å². The standard InChI is InChI=1S/C20H24F2N6O.C19H20F2N6O.C18H18ClFN6O.C18H20F2N6O/c1-3-20(29,4-2)15-11-28(9-8-23-15)19-14(22)10-13(21)17(25-19)16-12-6-5-7-24-18(12)27-26-16;20-12-9-13(21)18(27-8-7-22-14(10-27)19(28)4-2-5-19)24-16(12)15-11-3-1-6-23-17(11)26-25-15;19-11-8-12(20)15(14-10-2-1-5-22-16(10)25-24-14)23-17(11)26-7-6-21-13(9-26)18(27)3-4-18;1-18(2,27)13-9-26(7-6-21-13)17-12(20)8-11(19)15(23-17)14-10-4-3-5-22-16(10)25-24-14/h5-7,10,15,23,29H,3-4,8-9,11H2,1-2H3,(H,24,26,27);1,3,6,9,14,22,28H,2,4-5,7-8,10H2,(H,23,25,26);1-2,5,8,13,21,27H,3-4,6-7,9H2,(H,22,24,25);3-5,8,13,21,27H,6-7,9H2,1-2H3,(H,22,24,25)/t15-;;2*13-/m0.00/s1. The fourth-order valence-electron chi connectivity index (χ4n) is 15.0. The maximum atomic E-state index is 14.7. The van der Waals surface area contributed by atoms with Crippen LogP contribution in [0.5, 0.6) is 0 Å². The molecular weight excluding hydrogens is 1470 g/mol. The molecule has 4 saturated heterocycles. The third-order valence-electron chi connectivity index (χ3n) is 21.8. The molecule has 36 heteroatoms. The maximum Gasteiger partial charge on any atom is 0.181 e. The molecule has 12 aromatic rings. The minimum absolute atomic E-state index is 0.00402. The van der Waals surface area contributed by atoms with Gasteiger partial charge < -0.3 is 61.3 Å². The second kappa shape index (κ2) is 31.1. The van der Waals surface area contributed by atoms with E-state index in [1.54, 1.807) is 95.8 Å². The number of nitrogens with zero attached hydrogens (tertiary/aromatic N) is 16. The number of rotatable bonds is 14. The predicted octanol–water partition coefficient (Wildman–Crippen LogP) is 8.58. The monoisotopic (exact) mass is 1550 g/mol. The molecule has 0 amide bonds. The highest BCUT2D eigenvalue weighted by Gasteiger charge is 2.50. The number of nitrogens with one attached hydrogen (secondary N) is 8. The third kappa shape index (κ3) is 15.4. The van der Waals surface area contributed by atoms with E-state index in [0.717, 1.165) is 50.3 Å². The first-order valence-electron chi connectivity index (χ1n) is 36.9. The van der Waals surface area contributed by atoms with Gasteiger partial charge in [-0.05, 0) is 113 Å². The Balaban J connectivity index is 0.000000117. The molecule has 28 nitrogen and oxygen atoms in total. The molecule has 0 bridgehead atoms. The number of anilines is 4. The number of H-pyrrole nitrogens is 4. The Morgan fingerprint density at radius 1 is 0.432 bits per heavy atom. The number of aromatic nitrogens is 16. The second-order valence-electron chi connectivity index (χ2n) is 29.2. The van der Waals surface area contributed by atoms with Crippen LogP contribution in [-0.2, 0) is 0 Å². The van der Waals surface area contributed by atoms with Crippen LogP contribution in [0.3, 0.4) is 0 Å². The number of halogens is 8. The highest BCUT2D eigenvalue weighted by Crippen LogP contribution is 2.42. The number of fused-ring (bicyclic) bond motifs is 4. The van der Waals surface area contributed by atoms with Crippen molar-refractivity contribution < 1.29 is 51.2 Å². The van der Waals surface area contributed by atoms with Crippen LogP contribution in [-0.4, -0.2) is 226 Å². The van der Waals surface area contributed by atoms with Gasteiger partial charge in [0.25, 0.3) is 0 Å². The Hall–Kier alpha value is -10.2. The molecule has 111 heavy (non-hydrogen) atoms. The summed E-state index contributed by atoms with van der Waals surface area (Å²) in [6.45, 7) is 13.6. The van der Waals surface area contributed by atoms with Gasteiger partial charge in [0, 0.05) is 143 Å². The topological polar surface area (TPSA) is 360 Å². The zero-order valence-electron chi connectivity index (χ0n) is 61.0. The summed E-state index contributed by atoms with van der Waals surface area (Å²) in [6, 6.07) is 17.1. The molecule has 2 saturated carbocycles. The van der Waals surface area contributed by atoms with Crippen molar-refractivity contribution in [2.75, 3.05) is 98.1 Å². The summed E-state index contributed by atoms with van der Waals surface area (Å²) in [4.78, 5) is 41.2. The molecule has 0 aromatic carbocycles. The van der Waals surface area contributed by atoms with Gasteiger partial charge in [-0.1, -0.05) is 25.4 Å². The normalized spacial score (nSPS) is 19.8. The van der Waals surface area contributed by atoms with Crippen molar-refractivity contribution in [2.45, 2.75) is 119 Å². The SMILES string of the molecule is CC(C)(O)[C@@H]1CN(c2nc(-c3[nH]nc4ncccc34)c(F)cc2F)CCN1.CCC(O)(CC)[C@@H]1CN(c2nc(-c3[nH]nc4ncccc34)c(F)cc2F)CCN1.OC1(C2CN(c3nc(-c4[nH]nc5ncccc45)c(F)cc3F)CCN2)CCC1.OC1([C@@H]2CN(c3nc(-c4[nH]nc5ncccc45)c(F)cc3Cl)CCN2)CC1. The largest absolute Gasteiger partial charge is 0.389 e. The molecule has 12 aromatic heterocycles. The Labute approximate surface area is 635 Å². The lowest BCUT2D eigenvalue weighted by Gasteiger charge is -2.48. The Bertz CT molecular complexity index is 5210. The lowest BCUT2D eigenvalue weighted by Crippen LogP contribution is -2.64. The molecule has 16 heterocycles. The van der Waals surface area contributed by atoms with Crippen LogP contribution in [0.2, 0.25) is 5.02 Å². The van der Waals surface area contributed by atoms with Crippen LogP contribution in [0, 0.1) is 40.7 Å². The van der Waals surface area contributed by atoms with Gasteiger partial charge in [0.05, 0.1) is 74.4 Å². The Kier molecular flexibility index (Phi) is 21.4. The molecule has 2 aliphatic carbocycles. The first kappa shape index (κ1) is 76.1. The third-order valence-corrected chi connectivity index (χ3v) is 22.1. The van der Waals surface area contributed by atoms with E-state index in [1.807, 2.05) is 24.8 Å². The number of aromatic amines is 4. The average molecular weight is 1550 g/mol. The number of pyridine rings is 8. The van der Waals surface area contributed by atoms with E-state index in [2.05, 4.69) is 102 Å². The van der Waals surface area contributed by atoms with Crippen LogP contribution in [0.1, 0.15) is 72.6 Å². The molecule has 6 aliphatic rings. The molecule has 0 spiro atoms. The van der Waals surface area contributed by atoms with Gasteiger partial charge in [-0.25, -0.2) is 70.6 Å². The van der Waals surface area contributed by atoms with Gasteiger partial charge in [0.1, 0.15) is 28.6 Å². The van der Waals surface area contributed by atoms with E-state index in [0.29, 0.717) is 164 Å². The van der Waals surface area contributed by atoms with Crippen molar-refractivity contribution in [1.29, 1.82) is 0 Å². The highest BCUT2D eigenvalue weighted by molar-refractivity contribution is 6.33. The summed E-state index contributed by atoms with van der Waals surface area (Å²) in [5.74, 6) is -4.32. The van der Waals surface area contributed by atoms with Crippen molar-refractivity contribution in [2.24, 2.45) is 0 Å². The molecule has 582 valence electrons. The molecule has 1 unspecified atom stereocenters. The van der Waals surface area contributed by atoms with Gasteiger partial charge in [0.15, 0.2) is 80.8 Å². The van der Waals surface area contributed by atoms with Crippen LogP contribution >= 0.6 is 11.6 Å². The highest BCUT2D eigenvalue weighted by atomic mass is 35.5. The van der Waals surface area contributed by atoms with Crippen molar-refractivity contribution in [1.82, 2.24) is 102 Å². The summed E-state index contributed by atoms with van der Waals surface area (Å²) in [5, 5.41) is 85.6. The summed E-state index contributed by atoms with van der Waals surface area (Å²) >= 11 is 6.33. The summed E-state index contributed by atoms with van der Waals surface area (Å²) in [5.41, 5.74) is 0.215. The molecule has 12 N–H and O–H groups in total. The molecule has 6 fully saturated rings. The summed E-state index contributed by atoms with van der Waals surface area (Å²) < 4.78 is 102. The fourth-order valence-corrected chi connectivity index (χ4v) is 15.2. The summed E-state index contributed by atoms with van der Waals surface area (Å²) in [7, 11) is 0. The number of aliphatic hydroxyl groups is 4. The number of hydrogen-bond acceptors (Lipinski definition) is 24. The predicted molar refractivity (Wildman–Crippen MR) is 404 cm³/mol. The fraction of sp³-hybridized carbons (Fsp3) is 0.413. The van der Waals surface area contributed by atoms with E-state index in [9.17, 15) is 51.2 Å². The van der Waals surface area contributed by atoms with Crippen LogP contribution in [0.4, 0.5) is 54.0 Å². The molecule has 0 radical (unpaired) electrons. The van der Waals surface area contributed by atoms with Gasteiger partial charge in [-0.2, -0.15) is 20.4 Å².